The molecule has 0 unspecified atom stereocenters. The second-order valence-electron chi connectivity index (χ2n) is 6.24. The third-order valence-electron chi connectivity index (χ3n) is 4.27. The van der Waals surface area contributed by atoms with Gasteiger partial charge in [-0.3, -0.25) is 14.7 Å². The first kappa shape index (κ1) is 24.0. The number of ether oxygens (including phenoxy) is 1. The topological polar surface area (TPSA) is 147 Å². The molecule has 0 atom stereocenters. The van der Waals surface area contributed by atoms with Gasteiger partial charge in [-0.25, -0.2) is 8.42 Å². The molecule has 0 bridgehead atoms. The number of anilines is 1. The van der Waals surface area contributed by atoms with E-state index in [1.165, 1.54) is 16.4 Å². The number of hydrogen-bond donors (Lipinski definition) is 1. The molecule has 1 fully saturated rings. The lowest BCUT2D eigenvalue weighted by atomic mass is 10.2. The summed E-state index contributed by atoms with van der Waals surface area (Å²) in [6.07, 6.45) is 0.0554. The molecule has 1 aromatic rings. The van der Waals surface area contributed by atoms with Crippen molar-refractivity contribution in [2.45, 2.75) is 11.3 Å². The highest BCUT2D eigenvalue weighted by atomic mass is 79.9. The summed E-state index contributed by atoms with van der Waals surface area (Å²) < 4.78 is 63.7. The number of nitro benzene ring substituents is 1. The Hall–Kier alpha value is -1.32. The van der Waals surface area contributed by atoms with Crippen LogP contribution in [0.25, 0.3) is 0 Å². The van der Waals surface area contributed by atoms with Crippen LogP contribution in [0.15, 0.2) is 23.1 Å². The first-order chi connectivity index (χ1) is 13.6. The van der Waals surface area contributed by atoms with Crippen LogP contribution in [0.4, 0.5) is 11.4 Å². The van der Waals surface area contributed by atoms with Crippen LogP contribution in [0.5, 0.6) is 0 Å². The Morgan fingerprint density at radius 1 is 1.21 bits per heavy atom. The number of nitrogens with zero attached hydrogens (tertiary/aromatic N) is 3. The molecule has 1 N–H and O–H groups in total. The van der Waals surface area contributed by atoms with Crippen molar-refractivity contribution in [3.63, 3.8) is 0 Å². The molecule has 14 heteroatoms. The van der Waals surface area contributed by atoms with Gasteiger partial charge in [-0.05, 0) is 12.5 Å². The van der Waals surface area contributed by atoms with Gasteiger partial charge in [0, 0.05) is 43.6 Å². The van der Waals surface area contributed by atoms with Crippen LogP contribution in [-0.4, -0.2) is 81.1 Å². The Morgan fingerprint density at radius 2 is 1.86 bits per heavy atom. The van der Waals surface area contributed by atoms with E-state index in [0.29, 0.717) is 11.9 Å². The van der Waals surface area contributed by atoms with Gasteiger partial charge < -0.3 is 9.64 Å². The minimum Gasteiger partial charge on any atom is -0.379 e. The number of hydrogen-bond acceptors (Lipinski definition) is 8. The van der Waals surface area contributed by atoms with Gasteiger partial charge in [-0.15, -0.1) is 0 Å². The minimum atomic E-state index is -4.16. The van der Waals surface area contributed by atoms with Gasteiger partial charge in [0.15, 0.2) is 0 Å². The fourth-order valence-corrected chi connectivity index (χ4v) is 5.46. The summed E-state index contributed by atoms with van der Waals surface area (Å²) in [6, 6.07) is 3.57. The molecule has 0 radical (unpaired) electrons. The van der Waals surface area contributed by atoms with E-state index >= 15 is 0 Å². The van der Waals surface area contributed by atoms with Crippen molar-refractivity contribution < 1.29 is 31.0 Å². The van der Waals surface area contributed by atoms with E-state index in [-0.39, 0.29) is 55.5 Å². The van der Waals surface area contributed by atoms with Gasteiger partial charge in [-0.2, -0.15) is 12.7 Å². The average molecular weight is 516 g/mol. The zero-order chi connectivity index (χ0) is 21.7. The number of morpholine rings is 1. The predicted molar refractivity (Wildman–Crippen MR) is 110 cm³/mol. The number of halogens is 1. The second-order valence-corrected chi connectivity index (χ2v) is 10.5. The summed E-state index contributed by atoms with van der Waals surface area (Å²) in [5.41, 5.74) is -0.130. The first-order valence-corrected chi connectivity index (χ1v) is 12.9. The molecule has 0 aliphatic carbocycles. The molecule has 1 aromatic carbocycles. The Labute approximate surface area is 177 Å². The molecule has 0 saturated carbocycles. The highest BCUT2D eigenvalue weighted by Crippen LogP contribution is 2.32. The Kier molecular flexibility index (Phi) is 8.37. The quantitative estimate of drug-likeness (QED) is 0.209. The van der Waals surface area contributed by atoms with Crippen LogP contribution in [0, 0.1) is 10.1 Å². The molecule has 1 heterocycles. The smallest absolute Gasteiger partial charge is 0.270 e. The van der Waals surface area contributed by atoms with Gasteiger partial charge in [0.25, 0.3) is 15.8 Å². The largest absolute Gasteiger partial charge is 0.379 e. The van der Waals surface area contributed by atoms with Crippen molar-refractivity contribution in [3.05, 3.63) is 28.3 Å². The maximum Gasteiger partial charge on any atom is 0.270 e. The zero-order valence-corrected chi connectivity index (χ0v) is 18.7. The Morgan fingerprint density at radius 3 is 2.41 bits per heavy atom. The number of sulfonamides is 1. The highest BCUT2D eigenvalue weighted by molar-refractivity contribution is 9.09. The molecule has 29 heavy (non-hydrogen) atoms. The van der Waals surface area contributed by atoms with Crippen molar-refractivity contribution in [2.75, 3.05) is 55.4 Å². The molecule has 0 aromatic heterocycles. The molecule has 11 nitrogen and oxygen atoms in total. The lowest BCUT2D eigenvalue weighted by Crippen LogP contribution is -2.41. The van der Waals surface area contributed by atoms with Gasteiger partial charge in [0.2, 0.25) is 10.0 Å². The monoisotopic (exact) mass is 515 g/mol. The van der Waals surface area contributed by atoms with E-state index in [1.807, 2.05) is 0 Å². The van der Waals surface area contributed by atoms with Gasteiger partial charge >= 0.3 is 0 Å². The molecule has 1 aliphatic heterocycles. The van der Waals surface area contributed by atoms with Crippen LogP contribution in [0.1, 0.15) is 6.42 Å². The third-order valence-corrected chi connectivity index (χ3v) is 7.35. The fraction of sp³-hybridized carbons (Fsp3) is 0.600. The summed E-state index contributed by atoms with van der Waals surface area (Å²) >= 11 is 3.27. The zero-order valence-electron chi connectivity index (χ0n) is 15.4. The number of alkyl halides is 1. The predicted octanol–water partition coefficient (Wildman–Crippen LogP) is 1.09. The van der Waals surface area contributed by atoms with Crippen LogP contribution in [0.3, 0.4) is 0 Å². The lowest BCUT2D eigenvalue weighted by Gasteiger charge is -2.30. The maximum atomic E-state index is 13.2. The van der Waals surface area contributed by atoms with Crippen LogP contribution < -0.4 is 4.90 Å². The second kappa shape index (κ2) is 10.1. The van der Waals surface area contributed by atoms with E-state index in [0.717, 1.165) is 6.07 Å². The van der Waals surface area contributed by atoms with E-state index in [2.05, 4.69) is 15.9 Å². The van der Waals surface area contributed by atoms with Gasteiger partial charge in [0.05, 0.1) is 29.6 Å². The summed E-state index contributed by atoms with van der Waals surface area (Å²) in [4.78, 5) is 11.9. The van der Waals surface area contributed by atoms with E-state index < -0.39 is 30.8 Å². The Balaban J connectivity index is 2.46. The first-order valence-electron chi connectivity index (χ1n) is 8.68. The van der Waals surface area contributed by atoms with Crippen molar-refractivity contribution in [2.24, 2.45) is 0 Å². The fourth-order valence-electron chi connectivity index (χ4n) is 2.90. The van der Waals surface area contributed by atoms with Crippen molar-refractivity contribution in [3.8, 4) is 0 Å². The number of non-ortho nitro benzene ring substituents is 1. The normalized spacial score (nSPS) is 15.9. The van der Waals surface area contributed by atoms with Crippen LogP contribution >= 0.6 is 15.9 Å². The molecule has 0 amide bonds. The van der Waals surface area contributed by atoms with Gasteiger partial charge in [0.1, 0.15) is 4.90 Å². The van der Waals surface area contributed by atoms with E-state index in [1.54, 1.807) is 4.90 Å². The third kappa shape index (κ3) is 6.58. The van der Waals surface area contributed by atoms with Crippen molar-refractivity contribution >= 4 is 47.4 Å². The standard InChI is InChI=1S/C15H22BrN3O8S2/c16-4-6-17(5-1-11-28(22,23)24)14-3-2-13(19(20)21)12-15(14)29(25,26)18-7-9-27-10-8-18/h2-3,12H,1,4-11H2,(H,22,23,24). The van der Waals surface area contributed by atoms with Gasteiger partial charge in [-0.1, -0.05) is 15.9 Å². The van der Waals surface area contributed by atoms with E-state index in [4.69, 9.17) is 9.29 Å². The summed E-state index contributed by atoms with van der Waals surface area (Å²) in [7, 11) is -8.20. The molecule has 0 spiro atoms. The molecule has 164 valence electrons. The van der Waals surface area contributed by atoms with Crippen LogP contribution in [-0.2, 0) is 24.9 Å². The molecular formula is C15H22BrN3O8S2. The Bertz CT molecular complexity index is 933. The van der Waals surface area contributed by atoms with E-state index in [9.17, 15) is 26.9 Å². The van der Waals surface area contributed by atoms with Crippen LogP contribution in [0.2, 0.25) is 0 Å². The number of benzene rings is 1. The van der Waals surface area contributed by atoms with Crippen molar-refractivity contribution in [1.29, 1.82) is 0 Å². The highest BCUT2D eigenvalue weighted by Gasteiger charge is 2.31. The summed E-state index contributed by atoms with van der Waals surface area (Å²) in [6.45, 7) is 1.17. The summed E-state index contributed by atoms with van der Waals surface area (Å²) in [5, 5.41) is 11.7. The lowest BCUT2D eigenvalue weighted by molar-refractivity contribution is -0.385. The average Bonchev–Trinajstić information content (AvgIpc) is 2.66. The maximum absolute atomic E-state index is 13.2. The SMILES string of the molecule is O=[N+]([O-])c1ccc(N(CCBr)CCCS(=O)(=O)O)c(S(=O)(=O)N2CCOCC2)c1. The van der Waals surface area contributed by atoms with Crippen molar-refractivity contribution in [1.82, 2.24) is 4.31 Å². The summed E-state index contributed by atoms with van der Waals surface area (Å²) in [5.74, 6) is -0.482. The number of rotatable bonds is 10. The minimum absolute atomic E-state index is 0.0554. The molecule has 2 rings (SSSR count). The molecule has 1 saturated heterocycles. The number of nitro groups is 1. The molecule has 1 aliphatic rings. The molecular weight excluding hydrogens is 494 g/mol.